The van der Waals surface area contributed by atoms with Crippen molar-refractivity contribution in [3.8, 4) is 0 Å². The number of nitrogens with one attached hydrogen (secondary N) is 1. The third kappa shape index (κ3) is 3.70. The van der Waals surface area contributed by atoms with Gasteiger partial charge in [0, 0.05) is 11.6 Å². The van der Waals surface area contributed by atoms with E-state index in [1.165, 1.54) is 35.4 Å². The molecule has 0 aliphatic rings. The second-order valence-electron chi connectivity index (χ2n) is 5.52. The molecule has 26 heavy (non-hydrogen) atoms. The summed E-state index contributed by atoms with van der Waals surface area (Å²) in [5.74, 6) is -0.513. The molecule has 0 saturated heterocycles. The van der Waals surface area contributed by atoms with Gasteiger partial charge in [-0.15, -0.1) is 5.10 Å². The first-order valence-electron chi connectivity index (χ1n) is 7.68. The fourth-order valence-electron chi connectivity index (χ4n) is 2.43. The lowest BCUT2D eigenvalue weighted by molar-refractivity contribution is 0.597. The van der Waals surface area contributed by atoms with Gasteiger partial charge in [-0.05, 0) is 31.5 Å². The minimum absolute atomic E-state index is 0.0669. The third-order valence-electron chi connectivity index (χ3n) is 3.76. The van der Waals surface area contributed by atoms with Crippen molar-refractivity contribution in [2.75, 3.05) is 4.72 Å². The number of nitrogens with zero attached hydrogens (tertiary/aromatic N) is 5. The van der Waals surface area contributed by atoms with Crippen LogP contribution in [0.4, 0.5) is 10.3 Å². The molecule has 8 nitrogen and oxygen atoms in total. The van der Waals surface area contributed by atoms with Gasteiger partial charge in [-0.2, -0.15) is 10.1 Å². The average molecular weight is 399 g/mol. The van der Waals surface area contributed by atoms with Crippen LogP contribution in [0.2, 0.25) is 5.02 Å². The van der Waals surface area contributed by atoms with E-state index in [9.17, 15) is 12.8 Å². The van der Waals surface area contributed by atoms with E-state index in [-0.39, 0.29) is 22.4 Å². The summed E-state index contributed by atoms with van der Waals surface area (Å²) in [6, 6.07) is 4.02. The fourth-order valence-corrected chi connectivity index (χ4v) is 3.78. The lowest BCUT2D eigenvalue weighted by atomic mass is 10.2. The monoisotopic (exact) mass is 398 g/mol. The zero-order valence-corrected chi connectivity index (χ0v) is 15.6. The molecule has 0 spiro atoms. The first kappa shape index (κ1) is 18.3. The first-order chi connectivity index (χ1) is 12.3. The molecule has 3 rings (SSSR count). The van der Waals surface area contributed by atoms with E-state index in [4.69, 9.17) is 11.6 Å². The standard InChI is InChI=1S/C15H16ClFN6O2S/c1-3-23-10(2)14(7-19-23)26(24,25)21-15-18-9-22(20-15)8-11-4-5-12(17)6-13(11)16/h4-7,9H,3,8H2,1-2H3,(H,20,21). The van der Waals surface area contributed by atoms with Gasteiger partial charge in [0.1, 0.15) is 17.0 Å². The molecule has 1 N–H and O–H groups in total. The van der Waals surface area contributed by atoms with Gasteiger partial charge in [0.25, 0.3) is 16.0 Å². The number of hydrogen-bond donors (Lipinski definition) is 1. The molecule has 0 amide bonds. The van der Waals surface area contributed by atoms with Crippen LogP contribution in [0.3, 0.4) is 0 Å². The van der Waals surface area contributed by atoms with E-state index in [1.54, 1.807) is 11.6 Å². The van der Waals surface area contributed by atoms with Crippen molar-refractivity contribution in [3.05, 3.63) is 52.8 Å². The summed E-state index contributed by atoms with van der Waals surface area (Å²) >= 11 is 5.98. The van der Waals surface area contributed by atoms with Crippen LogP contribution < -0.4 is 4.72 Å². The van der Waals surface area contributed by atoms with Crippen molar-refractivity contribution in [1.82, 2.24) is 24.5 Å². The van der Waals surface area contributed by atoms with Crippen molar-refractivity contribution in [2.24, 2.45) is 0 Å². The van der Waals surface area contributed by atoms with E-state index in [2.05, 4.69) is 19.9 Å². The molecule has 0 aliphatic carbocycles. The van der Waals surface area contributed by atoms with Gasteiger partial charge in [0.05, 0.1) is 18.4 Å². The van der Waals surface area contributed by atoms with Gasteiger partial charge in [0.15, 0.2) is 0 Å². The van der Waals surface area contributed by atoms with Crippen molar-refractivity contribution in [2.45, 2.75) is 31.8 Å². The lowest BCUT2D eigenvalue weighted by Crippen LogP contribution is -2.15. The minimum atomic E-state index is -3.85. The second kappa shape index (κ2) is 7.04. The molecule has 138 valence electrons. The normalized spacial score (nSPS) is 11.7. The van der Waals surface area contributed by atoms with Crippen LogP contribution in [0.15, 0.2) is 35.6 Å². The van der Waals surface area contributed by atoms with Crippen molar-refractivity contribution >= 4 is 27.6 Å². The van der Waals surface area contributed by atoms with Gasteiger partial charge in [-0.3, -0.25) is 4.68 Å². The zero-order valence-electron chi connectivity index (χ0n) is 14.0. The van der Waals surface area contributed by atoms with Crippen LogP contribution in [0, 0.1) is 12.7 Å². The summed E-state index contributed by atoms with van der Waals surface area (Å²) < 4.78 is 43.4. The first-order valence-corrected chi connectivity index (χ1v) is 9.55. The molecular weight excluding hydrogens is 383 g/mol. The number of aryl methyl sites for hydroxylation is 1. The third-order valence-corrected chi connectivity index (χ3v) is 5.54. The van der Waals surface area contributed by atoms with Gasteiger partial charge < -0.3 is 0 Å². The highest BCUT2D eigenvalue weighted by Gasteiger charge is 2.22. The van der Waals surface area contributed by atoms with Crippen LogP contribution in [0.5, 0.6) is 0 Å². The average Bonchev–Trinajstić information content (AvgIpc) is 3.16. The molecule has 3 aromatic rings. The topological polar surface area (TPSA) is 94.7 Å². The van der Waals surface area contributed by atoms with Crippen LogP contribution >= 0.6 is 11.6 Å². The molecule has 0 saturated carbocycles. The lowest BCUT2D eigenvalue weighted by Gasteiger charge is -2.05. The summed E-state index contributed by atoms with van der Waals surface area (Å²) in [4.78, 5) is 4.01. The Morgan fingerprint density at radius 2 is 2.12 bits per heavy atom. The van der Waals surface area contributed by atoms with Crippen LogP contribution in [0.1, 0.15) is 18.2 Å². The zero-order chi connectivity index (χ0) is 18.9. The molecular formula is C15H16ClFN6O2S. The predicted molar refractivity (Wildman–Crippen MR) is 94.0 cm³/mol. The summed E-state index contributed by atoms with van der Waals surface area (Å²) in [5.41, 5.74) is 1.16. The molecule has 2 aromatic heterocycles. The summed E-state index contributed by atoms with van der Waals surface area (Å²) in [5, 5.41) is 8.35. The Kier molecular flexibility index (Phi) is 4.97. The molecule has 11 heteroatoms. The van der Waals surface area contributed by atoms with E-state index in [0.29, 0.717) is 17.8 Å². The maximum atomic E-state index is 13.1. The Morgan fingerprint density at radius 1 is 1.35 bits per heavy atom. The summed E-state index contributed by atoms with van der Waals surface area (Å²) in [7, 11) is -3.85. The smallest absolute Gasteiger partial charge is 0.267 e. The number of halogens is 2. The Hall–Kier alpha value is -2.46. The van der Waals surface area contributed by atoms with Crippen molar-refractivity contribution < 1.29 is 12.8 Å². The maximum absolute atomic E-state index is 13.1. The van der Waals surface area contributed by atoms with Gasteiger partial charge >= 0.3 is 0 Å². The molecule has 0 unspecified atom stereocenters. The molecule has 0 radical (unpaired) electrons. The van der Waals surface area contributed by atoms with Gasteiger partial charge in [0.2, 0.25) is 0 Å². The quantitative estimate of drug-likeness (QED) is 0.688. The van der Waals surface area contributed by atoms with Crippen LogP contribution in [-0.2, 0) is 23.1 Å². The van der Waals surface area contributed by atoms with E-state index in [1.807, 2.05) is 6.92 Å². The Bertz CT molecular complexity index is 1050. The maximum Gasteiger partial charge on any atom is 0.267 e. The number of aromatic nitrogens is 5. The number of hydrogen-bond acceptors (Lipinski definition) is 5. The molecule has 1 aromatic carbocycles. The van der Waals surface area contributed by atoms with Crippen LogP contribution in [0.25, 0.3) is 0 Å². The molecule has 0 fully saturated rings. The molecule has 0 bridgehead atoms. The molecule has 0 aliphatic heterocycles. The van der Waals surface area contributed by atoms with E-state index >= 15 is 0 Å². The highest BCUT2D eigenvalue weighted by molar-refractivity contribution is 7.92. The van der Waals surface area contributed by atoms with Gasteiger partial charge in [-0.25, -0.2) is 22.2 Å². The Morgan fingerprint density at radius 3 is 2.77 bits per heavy atom. The fraction of sp³-hybridized carbons (Fsp3) is 0.267. The number of rotatable bonds is 6. The number of anilines is 1. The largest absolute Gasteiger partial charge is 0.269 e. The number of sulfonamides is 1. The second-order valence-corrected chi connectivity index (χ2v) is 7.58. The SMILES string of the molecule is CCn1ncc(S(=O)(=O)Nc2ncn(Cc3ccc(F)cc3Cl)n2)c1C. The summed E-state index contributed by atoms with van der Waals surface area (Å²) in [6.07, 6.45) is 2.65. The number of benzene rings is 1. The summed E-state index contributed by atoms with van der Waals surface area (Å²) in [6.45, 7) is 4.33. The molecule has 0 atom stereocenters. The van der Waals surface area contributed by atoms with E-state index < -0.39 is 15.8 Å². The van der Waals surface area contributed by atoms with Crippen molar-refractivity contribution in [1.29, 1.82) is 0 Å². The van der Waals surface area contributed by atoms with E-state index in [0.717, 1.165) is 0 Å². The highest BCUT2D eigenvalue weighted by Crippen LogP contribution is 2.19. The Balaban J connectivity index is 1.78. The minimum Gasteiger partial charge on any atom is -0.269 e. The molecule has 2 heterocycles. The highest BCUT2D eigenvalue weighted by atomic mass is 35.5. The Labute approximate surface area is 154 Å². The van der Waals surface area contributed by atoms with Crippen LogP contribution in [-0.4, -0.2) is 33.0 Å². The predicted octanol–water partition coefficient (Wildman–Crippen LogP) is 2.44. The van der Waals surface area contributed by atoms with Crippen molar-refractivity contribution in [3.63, 3.8) is 0 Å². The van der Waals surface area contributed by atoms with Gasteiger partial charge in [-0.1, -0.05) is 17.7 Å².